The molecule has 0 aromatic carbocycles. The Kier molecular flexibility index (Phi) is 15.2. The number of hydrogen-bond acceptors (Lipinski definition) is 17. The van der Waals surface area contributed by atoms with Gasteiger partial charge in [0, 0.05) is 50.8 Å². The maximum Gasteiger partial charge on any atom is 0.217 e. The monoisotopic (exact) mass is 743 g/mol. The van der Waals surface area contributed by atoms with Gasteiger partial charge in [-0.2, -0.15) is 0 Å². The normalized spacial score (nSPS) is 29.8. The van der Waals surface area contributed by atoms with Crippen molar-refractivity contribution in [1.82, 2.24) is 45.5 Å². The second-order valence-electron chi connectivity index (χ2n) is 11.9. The van der Waals surface area contributed by atoms with Crippen molar-refractivity contribution >= 4 is 35.3 Å². The van der Waals surface area contributed by atoms with Crippen molar-refractivity contribution in [2.24, 2.45) is 0 Å². The van der Waals surface area contributed by atoms with Gasteiger partial charge in [-0.05, 0) is 0 Å². The minimum Gasteiger partial charge on any atom is -0.394 e. The van der Waals surface area contributed by atoms with Gasteiger partial charge >= 0.3 is 0 Å². The lowest BCUT2D eigenvalue weighted by Gasteiger charge is -2.42. The van der Waals surface area contributed by atoms with Gasteiger partial charge in [-0.3, -0.25) is 23.9 Å². The summed E-state index contributed by atoms with van der Waals surface area (Å²) in [6, 6.07) is -1.74. The van der Waals surface area contributed by atoms with Gasteiger partial charge in [0.05, 0.1) is 56.3 Å². The fourth-order valence-corrected chi connectivity index (χ4v) is 7.91. The molecule has 50 heavy (non-hydrogen) atoms. The van der Waals surface area contributed by atoms with E-state index in [4.69, 9.17) is 15.9 Å². The first kappa shape index (κ1) is 39.9. The minimum absolute atomic E-state index is 0.305. The summed E-state index contributed by atoms with van der Waals surface area (Å²) in [6.07, 6.45) is 1.89. The van der Waals surface area contributed by atoms with E-state index in [-0.39, 0.29) is 11.8 Å². The maximum atomic E-state index is 11.7. The summed E-state index contributed by atoms with van der Waals surface area (Å²) in [5.74, 6) is 2.79. The van der Waals surface area contributed by atoms with Crippen molar-refractivity contribution in [3.05, 3.63) is 23.8 Å². The molecule has 2 aliphatic heterocycles. The number of thioether (sulfide) groups is 2. The van der Waals surface area contributed by atoms with Gasteiger partial charge in [-0.15, -0.1) is 40.1 Å². The number of hydrogen-bond donors (Lipinski definition) is 8. The molecular weight excluding hydrogens is 699 g/mol. The van der Waals surface area contributed by atoms with Crippen LogP contribution >= 0.6 is 23.5 Å². The number of aryl methyl sites for hydroxylation is 2. The van der Waals surface area contributed by atoms with Crippen molar-refractivity contribution in [1.29, 1.82) is 0 Å². The predicted octanol–water partition coefficient (Wildman–Crippen LogP) is -4.14. The average molecular weight is 744 g/mol. The second kappa shape index (κ2) is 19.1. The lowest BCUT2D eigenvalue weighted by Crippen LogP contribution is -2.63. The Morgan fingerprint density at radius 1 is 0.820 bits per heavy atom. The summed E-state index contributed by atoms with van der Waals surface area (Å²) in [6.45, 7) is 3.54. The largest absolute Gasteiger partial charge is 0.394 e. The number of terminal acetylenes is 1. The first-order chi connectivity index (χ1) is 23.9. The van der Waals surface area contributed by atoms with Gasteiger partial charge in [-0.25, -0.2) is 0 Å². The molecule has 278 valence electrons. The first-order valence-corrected chi connectivity index (χ1v) is 18.0. The van der Waals surface area contributed by atoms with Gasteiger partial charge in [0.2, 0.25) is 11.8 Å². The number of amides is 2. The Morgan fingerprint density at radius 2 is 1.24 bits per heavy atom. The van der Waals surface area contributed by atoms with Crippen LogP contribution in [0.25, 0.3) is 0 Å². The average Bonchev–Trinajstić information content (AvgIpc) is 3.72. The van der Waals surface area contributed by atoms with E-state index in [2.05, 4.69) is 37.2 Å². The number of aliphatic hydroxyl groups is 6. The third-order valence-corrected chi connectivity index (χ3v) is 10.3. The van der Waals surface area contributed by atoms with Crippen molar-refractivity contribution in [2.75, 3.05) is 31.3 Å². The lowest BCUT2D eigenvalue weighted by atomic mass is 9.98. The third-order valence-electron chi connectivity index (χ3n) is 7.96. The highest BCUT2D eigenvalue weighted by atomic mass is 32.2. The fraction of sp³-hybridized carbons (Fsp3) is 0.724. The molecule has 2 aromatic heterocycles. The summed E-state index contributed by atoms with van der Waals surface area (Å²) >= 11 is 2.60. The number of aliphatic hydroxyl groups excluding tert-OH is 6. The van der Waals surface area contributed by atoms with Crippen LogP contribution in [0.5, 0.6) is 0 Å². The van der Waals surface area contributed by atoms with E-state index in [0.29, 0.717) is 55.6 Å². The summed E-state index contributed by atoms with van der Waals surface area (Å²) in [5.41, 5.74) is -0.102. The number of carbonyl (C=O) groups is 2. The molecular formula is C29H45N9O10S2. The number of nitrogens with one attached hydrogen (secondary N) is 2. The third kappa shape index (κ3) is 10.8. The molecule has 2 aliphatic rings. The van der Waals surface area contributed by atoms with Crippen LogP contribution in [-0.2, 0) is 45.2 Å². The molecule has 19 nitrogen and oxygen atoms in total. The molecule has 21 heteroatoms. The maximum absolute atomic E-state index is 11.7. The van der Waals surface area contributed by atoms with Crippen LogP contribution in [0.2, 0.25) is 0 Å². The highest BCUT2D eigenvalue weighted by molar-refractivity contribution is 8.00. The Balaban J connectivity index is 1.26. The zero-order chi connectivity index (χ0) is 36.4. The van der Waals surface area contributed by atoms with E-state index in [1.165, 1.54) is 37.4 Å². The van der Waals surface area contributed by atoms with Crippen LogP contribution < -0.4 is 10.6 Å². The molecule has 4 heterocycles. The highest BCUT2D eigenvalue weighted by Crippen LogP contribution is 2.30. The van der Waals surface area contributed by atoms with Gasteiger partial charge < -0.3 is 50.7 Å². The topological polar surface area (TPSA) is 263 Å². The second-order valence-corrected chi connectivity index (χ2v) is 14.3. The molecule has 0 bridgehead atoms. The molecule has 0 saturated carbocycles. The number of aromatic nitrogens is 6. The Hall–Kier alpha value is -2.88. The van der Waals surface area contributed by atoms with Crippen molar-refractivity contribution in [2.45, 2.75) is 99.6 Å². The van der Waals surface area contributed by atoms with Crippen molar-refractivity contribution < 1.29 is 49.7 Å². The predicted molar refractivity (Wildman–Crippen MR) is 179 cm³/mol. The van der Waals surface area contributed by atoms with E-state index < -0.39 is 72.8 Å². The zero-order valence-electron chi connectivity index (χ0n) is 27.6. The minimum atomic E-state index is -1.35. The van der Waals surface area contributed by atoms with E-state index in [1.807, 2.05) is 4.90 Å². The first-order valence-electron chi connectivity index (χ1n) is 15.9. The molecule has 2 amide bonds. The molecule has 8 N–H and O–H groups in total. The van der Waals surface area contributed by atoms with Gasteiger partial charge in [0.1, 0.15) is 47.5 Å². The molecule has 0 unspecified atom stereocenters. The van der Waals surface area contributed by atoms with Crippen molar-refractivity contribution in [3.63, 3.8) is 0 Å². The summed E-state index contributed by atoms with van der Waals surface area (Å²) in [5, 5.41) is 82.6. The van der Waals surface area contributed by atoms with Crippen LogP contribution in [0, 0.1) is 12.3 Å². The zero-order valence-corrected chi connectivity index (χ0v) is 29.3. The summed E-state index contributed by atoms with van der Waals surface area (Å²) in [7, 11) is 0. The van der Waals surface area contributed by atoms with Gasteiger partial charge in [0.15, 0.2) is 0 Å². The fourth-order valence-electron chi connectivity index (χ4n) is 5.55. The number of nitrogens with zero attached hydrogens (tertiary/aromatic N) is 7. The molecule has 2 saturated heterocycles. The standard InChI is InChI=1S/C29H45N9O10S2/c1-4-5-36(10-18-12-37(34-32-18)6-8-49-28-22(30-16(2)41)26(45)24(43)20(14-39)47-28)11-19-13-38(35-33-19)7-9-50-29-23(31-17(3)42)27(46)25(44)21(15-40)48-29/h1,12-13,20-29,39-40,43-46H,5-11,14-15H2,2-3H3,(H,30,41)(H,31,42)/t20-,21-,22-,23-,24-,25-,26-,27-,28-,29-/m1/s1. The number of carbonyl (C=O) groups excluding carboxylic acids is 2. The highest BCUT2D eigenvalue weighted by Gasteiger charge is 2.46. The molecule has 0 spiro atoms. The molecule has 2 aromatic rings. The van der Waals surface area contributed by atoms with Crippen molar-refractivity contribution in [3.8, 4) is 12.3 Å². The molecule has 2 fully saturated rings. The molecule has 0 aliphatic carbocycles. The number of ether oxygens (including phenoxy) is 2. The van der Waals surface area contributed by atoms with Gasteiger partial charge in [-0.1, -0.05) is 16.3 Å². The van der Waals surface area contributed by atoms with Crippen LogP contribution in [0.4, 0.5) is 0 Å². The Morgan fingerprint density at radius 3 is 1.60 bits per heavy atom. The van der Waals surface area contributed by atoms with E-state index in [0.717, 1.165) is 0 Å². The van der Waals surface area contributed by atoms with Crippen LogP contribution in [0.15, 0.2) is 12.4 Å². The van der Waals surface area contributed by atoms with E-state index in [9.17, 15) is 40.2 Å². The van der Waals surface area contributed by atoms with Gasteiger partial charge in [0.25, 0.3) is 0 Å². The van der Waals surface area contributed by atoms with Crippen LogP contribution in [-0.4, -0.2) is 168 Å². The van der Waals surface area contributed by atoms with E-state index >= 15 is 0 Å². The number of rotatable bonds is 17. The lowest BCUT2D eigenvalue weighted by molar-refractivity contribution is -0.173. The molecule has 0 radical (unpaired) electrons. The quantitative estimate of drug-likeness (QED) is 0.0715. The smallest absolute Gasteiger partial charge is 0.217 e. The Labute approximate surface area is 297 Å². The SMILES string of the molecule is C#CCN(Cc1cn(CCS[C@H]2O[C@H](CO)[C@@H](O)[C@H](O)[C@H]2NC(C)=O)nn1)Cc1cn(CCS[C@H]2O[C@H](CO)[C@@H](O)[C@H](O)[C@H]2NC(C)=O)nn1. The molecule has 10 atom stereocenters. The summed E-state index contributed by atoms with van der Waals surface area (Å²) in [4.78, 5) is 25.3. The van der Waals surface area contributed by atoms with E-state index in [1.54, 1.807) is 21.8 Å². The molecule has 4 rings (SSSR count). The van der Waals surface area contributed by atoms with Crippen LogP contribution in [0.1, 0.15) is 25.2 Å². The summed E-state index contributed by atoms with van der Waals surface area (Å²) < 4.78 is 14.8. The van der Waals surface area contributed by atoms with Crippen LogP contribution in [0.3, 0.4) is 0 Å². The Bertz CT molecular complexity index is 1330.